The van der Waals surface area contributed by atoms with E-state index in [1.165, 1.54) is 0 Å². The van der Waals surface area contributed by atoms with E-state index < -0.39 is 5.97 Å². The van der Waals surface area contributed by atoms with E-state index in [0.717, 1.165) is 28.9 Å². The van der Waals surface area contributed by atoms with Crippen LogP contribution in [0.3, 0.4) is 0 Å². The van der Waals surface area contributed by atoms with E-state index in [4.69, 9.17) is 14.9 Å². The molecule has 0 unspecified atom stereocenters. The molecule has 4 heteroatoms. The molecule has 2 aromatic carbocycles. The summed E-state index contributed by atoms with van der Waals surface area (Å²) in [5.74, 6) is -0.190. The quantitative estimate of drug-likeness (QED) is 0.856. The van der Waals surface area contributed by atoms with Crippen molar-refractivity contribution in [2.24, 2.45) is 0 Å². The molecule has 0 aliphatic rings. The predicted molar refractivity (Wildman–Crippen MR) is 80.8 cm³/mol. The Morgan fingerprint density at radius 1 is 1.14 bits per heavy atom. The number of carbonyl (C=O) groups is 1. The van der Waals surface area contributed by atoms with Gasteiger partial charge in [0.05, 0.1) is 12.7 Å². The van der Waals surface area contributed by atoms with Gasteiger partial charge in [-0.2, -0.15) is 0 Å². The normalized spacial score (nSPS) is 10.4. The number of methoxy groups -OCH3 is 1. The second kappa shape index (κ2) is 6.90. The zero-order valence-corrected chi connectivity index (χ0v) is 11.9. The summed E-state index contributed by atoms with van der Waals surface area (Å²) < 4.78 is 5.38. The third-order valence-corrected chi connectivity index (χ3v) is 3.33. The molecule has 0 saturated heterocycles. The van der Waals surface area contributed by atoms with Crippen LogP contribution in [0.25, 0.3) is 11.1 Å². The van der Waals surface area contributed by atoms with Gasteiger partial charge < -0.3 is 14.9 Å². The molecule has 0 fully saturated rings. The summed E-state index contributed by atoms with van der Waals surface area (Å²) >= 11 is 0. The van der Waals surface area contributed by atoms with Crippen LogP contribution >= 0.6 is 0 Å². The number of hydrogen-bond donors (Lipinski definition) is 2. The molecular formula is C17H18O4. The lowest BCUT2D eigenvalue weighted by Gasteiger charge is -2.11. The minimum Gasteiger partial charge on any atom is -0.496 e. The largest absolute Gasteiger partial charge is 0.496 e. The second-order valence-electron chi connectivity index (χ2n) is 4.74. The van der Waals surface area contributed by atoms with Crippen molar-refractivity contribution in [1.82, 2.24) is 0 Å². The summed E-state index contributed by atoms with van der Waals surface area (Å²) in [7, 11) is 1.61. The van der Waals surface area contributed by atoms with Gasteiger partial charge >= 0.3 is 5.97 Å². The maximum Gasteiger partial charge on any atom is 0.335 e. The number of aryl methyl sites for hydroxylation is 1. The summed E-state index contributed by atoms with van der Waals surface area (Å²) in [5, 5.41) is 18.0. The first-order valence-corrected chi connectivity index (χ1v) is 6.77. The van der Waals surface area contributed by atoms with E-state index in [-0.39, 0.29) is 12.2 Å². The molecule has 0 bridgehead atoms. The molecule has 0 atom stereocenters. The molecule has 21 heavy (non-hydrogen) atoms. The molecule has 0 aliphatic carbocycles. The highest BCUT2D eigenvalue weighted by atomic mass is 16.5. The molecule has 0 amide bonds. The molecule has 0 aliphatic heterocycles. The molecule has 4 nitrogen and oxygen atoms in total. The van der Waals surface area contributed by atoms with Gasteiger partial charge in [0.1, 0.15) is 5.75 Å². The van der Waals surface area contributed by atoms with Crippen LogP contribution in [0.4, 0.5) is 0 Å². The average molecular weight is 286 g/mol. The second-order valence-corrected chi connectivity index (χ2v) is 4.74. The highest BCUT2D eigenvalue weighted by Crippen LogP contribution is 2.28. The molecular weight excluding hydrogens is 268 g/mol. The van der Waals surface area contributed by atoms with Crippen molar-refractivity contribution in [2.75, 3.05) is 13.7 Å². The number of benzene rings is 2. The Bertz CT molecular complexity index is 634. The van der Waals surface area contributed by atoms with Crippen molar-refractivity contribution in [1.29, 1.82) is 0 Å². The number of carboxylic acids is 1. The summed E-state index contributed by atoms with van der Waals surface area (Å²) in [4.78, 5) is 11.0. The average Bonchev–Trinajstić information content (AvgIpc) is 2.52. The van der Waals surface area contributed by atoms with Crippen molar-refractivity contribution >= 4 is 5.97 Å². The van der Waals surface area contributed by atoms with Gasteiger partial charge in [-0.1, -0.05) is 24.3 Å². The molecule has 2 rings (SSSR count). The minimum atomic E-state index is -0.941. The molecule has 0 spiro atoms. The van der Waals surface area contributed by atoms with Gasteiger partial charge in [-0.15, -0.1) is 0 Å². The molecule has 2 aromatic rings. The smallest absolute Gasteiger partial charge is 0.335 e. The van der Waals surface area contributed by atoms with Crippen LogP contribution in [-0.4, -0.2) is 29.9 Å². The summed E-state index contributed by atoms with van der Waals surface area (Å²) in [5.41, 5.74) is 3.03. The highest BCUT2D eigenvalue weighted by Gasteiger charge is 2.08. The fraction of sp³-hybridized carbons (Fsp3) is 0.235. The Balaban J connectivity index is 2.36. The number of aliphatic hydroxyl groups is 1. The zero-order valence-electron chi connectivity index (χ0n) is 11.9. The van der Waals surface area contributed by atoms with Gasteiger partial charge in [0.25, 0.3) is 0 Å². The van der Waals surface area contributed by atoms with Crippen LogP contribution in [-0.2, 0) is 6.42 Å². The van der Waals surface area contributed by atoms with Crippen LogP contribution < -0.4 is 4.74 Å². The van der Waals surface area contributed by atoms with Crippen molar-refractivity contribution in [3.63, 3.8) is 0 Å². The van der Waals surface area contributed by atoms with Gasteiger partial charge in [-0.25, -0.2) is 4.79 Å². The summed E-state index contributed by atoms with van der Waals surface area (Å²) in [6, 6.07) is 12.6. The maximum atomic E-state index is 11.0. The first-order chi connectivity index (χ1) is 10.2. The lowest BCUT2D eigenvalue weighted by molar-refractivity contribution is 0.0697. The number of aliphatic hydroxyl groups excluding tert-OH is 1. The van der Waals surface area contributed by atoms with E-state index in [9.17, 15) is 4.79 Å². The number of carboxylic acid groups (broad SMARTS) is 1. The highest BCUT2D eigenvalue weighted by molar-refractivity contribution is 5.89. The topological polar surface area (TPSA) is 66.8 Å². The van der Waals surface area contributed by atoms with Crippen LogP contribution in [0.2, 0.25) is 0 Å². The van der Waals surface area contributed by atoms with Crippen LogP contribution in [0.15, 0.2) is 42.5 Å². The Labute approximate surface area is 123 Å². The van der Waals surface area contributed by atoms with Gasteiger partial charge in [0, 0.05) is 6.61 Å². The predicted octanol–water partition coefficient (Wildman–Crippen LogP) is 2.99. The molecule has 0 radical (unpaired) electrons. The van der Waals surface area contributed by atoms with Gasteiger partial charge in [0.15, 0.2) is 0 Å². The van der Waals surface area contributed by atoms with E-state index >= 15 is 0 Å². The van der Waals surface area contributed by atoms with Gasteiger partial charge in [0.2, 0.25) is 0 Å². The lowest BCUT2D eigenvalue weighted by Crippen LogP contribution is -1.97. The molecule has 0 saturated carbocycles. The minimum absolute atomic E-state index is 0.144. The van der Waals surface area contributed by atoms with Gasteiger partial charge in [-0.3, -0.25) is 0 Å². The van der Waals surface area contributed by atoms with E-state index in [0.29, 0.717) is 6.42 Å². The third-order valence-electron chi connectivity index (χ3n) is 3.33. The molecule has 0 heterocycles. The third kappa shape index (κ3) is 3.61. The molecule has 0 aromatic heterocycles. The Hall–Kier alpha value is -2.33. The fourth-order valence-corrected chi connectivity index (χ4v) is 2.23. The zero-order chi connectivity index (χ0) is 15.2. The Morgan fingerprint density at radius 3 is 2.57 bits per heavy atom. The van der Waals surface area contributed by atoms with Crippen LogP contribution in [0.5, 0.6) is 5.75 Å². The van der Waals surface area contributed by atoms with Crippen molar-refractivity contribution in [2.45, 2.75) is 12.8 Å². The van der Waals surface area contributed by atoms with E-state index in [1.54, 1.807) is 25.3 Å². The standard InChI is InChI=1S/C17H18O4/c1-21-16-11-14(8-7-12(16)6-3-9-18)13-4-2-5-15(10-13)17(19)20/h2,4-5,7-8,10-11,18H,3,6,9H2,1H3,(H,19,20). The molecule has 110 valence electrons. The Morgan fingerprint density at radius 2 is 1.90 bits per heavy atom. The maximum absolute atomic E-state index is 11.0. The summed E-state index contributed by atoms with van der Waals surface area (Å²) in [6.07, 6.45) is 1.43. The number of rotatable bonds is 6. The SMILES string of the molecule is COc1cc(-c2cccc(C(=O)O)c2)ccc1CCCO. The van der Waals surface area contributed by atoms with Crippen LogP contribution in [0, 0.1) is 0 Å². The summed E-state index contributed by atoms with van der Waals surface area (Å²) in [6.45, 7) is 0.144. The Kier molecular flexibility index (Phi) is 4.95. The van der Waals surface area contributed by atoms with Crippen LogP contribution in [0.1, 0.15) is 22.3 Å². The fourth-order valence-electron chi connectivity index (χ4n) is 2.23. The van der Waals surface area contributed by atoms with Crippen molar-refractivity contribution < 1.29 is 19.7 Å². The number of ether oxygens (including phenoxy) is 1. The van der Waals surface area contributed by atoms with Crippen molar-refractivity contribution in [3.05, 3.63) is 53.6 Å². The lowest BCUT2D eigenvalue weighted by atomic mass is 9.99. The van der Waals surface area contributed by atoms with Gasteiger partial charge in [-0.05, 0) is 47.7 Å². The van der Waals surface area contributed by atoms with E-state index in [1.807, 2.05) is 24.3 Å². The monoisotopic (exact) mass is 286 g/mol. The first-order valence-electron chi connectivity index (χ1n) is 6.77. The van der Waals surface area contributed by atoms with E-state index in [2.05, 4.69) is 0 Å². The molecule has 2 N–H and O–H groups in total. The van der Waals surface area contributed by atoms with Crippen molar-refractivity contribution in [3.8, 4) is 16.9 Å². The first kappa shape index (κ1) is 15.1. The number of aromatic carboxylic acids is 1. The number of hydrogen-bond acceptors (Lipinski definition) is 3.